The molecule has 1 aromatic carbocycles. The molecule has 2 heterocycles. The Bertz CT molecular complexity index is 830. The molecule has 114 valence electrons. The van der Waals surface area contributed by atoms with Crippen molar-refractivity contribution >= 4 is 28.9 Å². The van der Waals surface area contributed by atoms with Gasteiger partial charge in [-0.3, -0.25) is 0 Å². The number of fused-ring (bicyclic) bond motifs is 1. The van der Waals surface area contributed by atoms with Crippen LogP contribution in [0.3, 0.4) is 0 Å². The number of aromatic nitrogens is 4. The van der Waals surface area contributed by atoms with Gasteiger partial charge in [0, 0.05) is 16.9 Å². The second-order valence-corrected chi connectivity index (χ2v) is 5.41. The van der Waals surface area contributed by atoms with Gasteiger partial charge in [0.2, 0.25) is 0 Å². The maximum absolute atomic E-state index is 13.3. The fraction of sp³-hybridized carbons (Fsp3) is 0.267. The minimum Gasteiger partial charge on any atom is -0.340 e. The Morgan fingerprint density at radius 3 is 2.91 bits per heavy atom. The molecule has 0 atom stereocenters. The second kappa shape index (κ2) is 5.88. The first kappa shape index (κ1) is 14.7. The summed E-state index contributed by atoms with van der Waals surface area (Å²) in [7, 11) is 0. The predicted octanol–water partition coefficient (Wildman–Crippen LogP) is 3.92. The summed E-state index contributed by atoms with van der Waals surface area (Å²) in [6.45, 7) is 4.05. The number of anilines is 2. The Kier molecular flexibility index (Phi) is 3.94. The van der Waals surface area contributed by atoms with E-state index in [0.717, 1.165) is 29.9 Å². The minimum absolute atomic E-state index is 0.0719. The molecule has 0 amide bonds. The topological polar surface area (TPSA) is 55.1 Å². The second-order valence-electron chi connectivity index (χ2n) is 5.00. The van der Waals surface area contributed by atoms with Crippen LogP contribution in [0.15, 0.2) is 24.5 Å². The average molecular weight is 320 g/mol. The highest BCUT2D eigenvalue weighted by Gasteiger charge is 2.14. The van der Waals surface area contributed by atoms with E-state index in [1.165, 1.54) is 12.4 Å². The Hall–Kier alpha value is -2.21. The molecule has 0 aliphatic carbocycles. The van der Waals surface area contributed by atoms with Crippen molar-refractivity contribution in [2.24, 2.45) is 0 Å². The zero-order valence-electron chi connectivity index (χ0n) is 12.3. The number of aryl methyl sites for hydroxylation is 1. The van der Waals surface area contributed by atoms with E-state index >= 15 is 0 Å². The Labute approximate surface area is 132 Å². The number of halogens is 2. The van der Waals surface area contributed by atoms with Gasteiger partial charge < -0.3 is 5.32 Å². The standard InChI is InChI=1S/C15H15ClFN5/c1-3-4-11-9(2)20-15-18-8-19-22(15)14(11)21-10-5-6-13(17)12(16)7-10/h5-8,21H,3-4H2,1-2H3. The SMILES string of the molecule is CCCc1c(C)nc2ncnn2c1Nc1ccc(F)c(Cl)c1. The molecule has 0 radical (unpaired) electrons. The summed E-state index contributed by atoms with van der Waals surface area (Å²) in [5.74, 6) is 0.857. The third-order valence-electron chi connectivity index (χ3n) is 3.41. The maximum Gasteiger partial charge on any atom is 0.254 e. The summed E-state index contributed by atoms with van der Waals surface area (Å²) in [4.78, 5) is 8.58. The monoisotopic (exact) mass is 319 g/mol. The quantitative estimate of drug-likeness (QED) is 0.792. The van der Waals surface area contributed by atoms with Gasteiger partial charge in [-0.25, -0.2) is 9.37 Å². The molecule has 0 bridgehead atoms. The minimum atomic E-state index is -0.446. The molecule has 0 saturated carbocycles. The molecular weight excluding hydrogens is 305 g/mol. The number of nitrogens with zero attached hydrogens (tertiary/aromatic N) is 4. The van der Waals surface area contributed by atoms with Gasteiger partial charge in [0.25, 0.3) is 5.78 Å². The fourth-order valence-corrected chi connectivity index (χ4v) is 2.55. The van der Waals surface area contributed by atoms with Crippen molar-refractivity contribution in [3.63, 3.8) is 0 Å². The third kappa shape index (κ3) is 2.62. The number of hydrogen-bond donors (Lipinski definition) is 1. The Morgan fingerprint density at radius 2 is 2.18 bits per heavy atom. The van der Waals surface area contributed by atoms with E-state index in [-0.39, 0.29) is 5.02 Å². The predicted molar refractivity (Wildman–Crippen MR) is 84.2 cm³/mol. The van der Waals surface area contributed by atoms with Gasteiger partial charge in [-0.15, -0.1) is 0 Å². The maximum atomic E-state index is 13.3. The van der Waals surface area contributed by atoms with E-state index in [0.29, 0.717) is 11.5 Å². The van der Waals surface area contributed by atoms with E-state index in [1.54, 1.807) is 16.6 Å². The van der Waals surface area contributed by atoms with Crippen LogP contribution in [0.5, 0.6) is 0 Å². The number of benzene rings is 1. The van der Waals surface area contributed by atoms with Crippen LogP contribution in [0.1, 0.15) is 24.6 Å². The lowest BCUT2D eigenvalue weighted by Gasteiger charge is -2.15. The third-order valence-corrected chi connectivity index (χ3v) is 3.70. The number of rotatable bonds is 4. The first-order valence-electron chi connectivity index (χ1n) is 7.01. The molecule has 0 fully saturated rings. The van der Waals surface area contributed by atoms with Crippen molar-refractivity contribution in [2.75, 3.05) is 5.32 Å². The van der Waals surface area contributed by atoms with Gasteiger partial charge in [-0.05, 0) is 31.5 Å². The zero-order valence-corrected chi connectivity index (χ0v) is 13.0. The molecule has 0 aliphatic heterocycles. The average Bonchev–Trinajstić information content (AvgIpc) is 2.94. The Balaban J connectivity index is 2.12. The van der Waals surface area contributed by atoms with Crippen LogP contribution in [0.25, 0.3) is 5.78 Å². The molecule has 0 spiro atoms. The summed E-state index contributed by atoms with van der Waals surface area (Å²) in [6.07, 6.45) is 3.29. The van der Waals surface area contributed by atoms with Crippen LogP contribution < -0.4 is 5.32 Å². The lowest BCUT2D eigenvalue weighted by molar-refractivity contribution is 0.628. The fourth-order valence-electron chi connectivity index (χ4n) is 2.37. The highest BCUT2D eigenvalue weighted by molar-refractivity contribution is 6.31. The molecule has 0 aliphatic rings. The molecule has 3 rings (SSSR count). The summed E-state index contributed by atoms with van der Waals surface area (Å²) in [5, 5.41) is 7.55. The zero-order chi connectivity index (χ0) is 15.7. The van der Waals surface area contributed by atoms with Crippen molar-refractivity contribution in [2.45, 2.75) is 26.7 Å². The first-order chi connectivity index (χ1) is 10.6. The highest BCUT2D eigenvalue weighted by Crippen LogP contribution is 2.27. The molecule has 1 N–H and O–H groups in total. The largest absolute Gasteiger partial charge is 0.340 e. The molecule has 22 heavy (non-hydrogen) atoms. The van der Waals surface area contributed by atoms with E-state index < -0.39 is 5.82 Å². The highest BCUT2D eigenvalue weighted by atomic mass is 35.5. The van der Waals surface area contributed by atoms with Gasteiger partial charge in [0.1, 0.15) is 18.0 Å². The van der Waals surface area contributed by atoms with E-state index in [4.69, 9.17) is 11.6 Å². The van der Waals surface area contributed by atoms with Crippen molar-refractivity contribution < 1.29 is 4.39 Å². The van der Waals surface area contributed by atoms with Gasteiger partial charge in [-0.2, -0.15) is 14.6 Å². The van der Waals surface area contributed by atoms with E-state index in [1.807, 2.05) is 6.92 Å². The smallest absolute Gasteiger partial charge is 0.254 e. The van der Waals surface area contributed by atoms with Crippen LogP contribution in [-0.4, -0.2) is 19.6 Å². The summed E-state index contributed by atoms with van der Waals surface area (Å²) < 4.78 is 15.0. The molecule has 0 saturated heterocycles. The molecule has 0 unspecified atom stereocenters. The van der Waals surface area contributed by atoms with Crippen molar-refractivity contribution in [1.29, 1.82) is 0 Å². The van der Waals surface area contributed by atoms with Crippen LogP contribution in [-0.2, 0) is 6.42 Å². The van der Waals surface area contributed by atoms with Gasteiger partial charge >= 0.3 is 0 Å². The normalized spacial score (nSPS) is 11.1. The van der Waals surface area contributed by atoms with Crippen LogP contribution in [0.2, 0.25) is 5.02 Å². The first-order valence-corrected chi connectivity index (χ1v) is 7.39. The Morgan fingerprint density at radius 1 is 1.36 bits per heavy atom. The van der Waals surface area contributed by atoms with Gasteiger partial charge in [0.15, 0.2) is 0 Å². The lowest BCUT2D eigenvalue weighted by atomic mass is 10.1. The van der Waals surface area contributed by atoms with Crippen LogP contribution >= 0.6 is 11.6 Å². The van der Waals surface area contributed by atoms with Crippen molar-refractivity contribution in [1.82, 2.24) is 19.6 Å². The lowest BCUT2D eigenvalue weighted by Crippen LogP contribution is -2.08. The summed E-state index contributed by atoms with van der Waals surface area (Å²) >= 11 is 5.85. The van der Waals surface area contributed by atoms with Gasteiger partial charge in [-0.1, -0.05) is 24.9 Å². The van der Waals surface area contributed by atoms with Crippen molar-refractivity contribution in [3.8, 4) is 0 Å². The molecule has 2 aromatic heterocycles. The molecule has 7 heteroatoms. The summed E-state index contributed by atoms with van der Waals surface area (Å²) in [5.41, 5.74) is 2.64. The van der Waals surface area contributed by atoms with E-state index in [2.05, 4.69) is 27.3 Å². The molecular formula is C15H15ClFN5. The van der Waals surface area contributed by atoms with E-state index in [9.17, 15) is 4.39 Å². The number of hydrogen-bond acceptors (Lipinski definition) is 4. The number of nitrogens with one attached hydrogen (secondary N) is 1. The summed E-state index contributed by atoms with van der Waals surface area (Å²) in [6, 6.07) is 4.51. The molecule has 5 nitrogen and oxygen atoms in total. The van der Waals surface area contributed by atoms with Gasteiger partial charge in [0.05, 0.1) is 5.02 Å². The van der Waals surface area contributed by atoms with Crippen LogP contribution in [0.4, 0.5) is 15.9 Å². The van der Waals surface area contributed by atoms with Crippen LogP contribution in [0, 0.1) is 12.7 Å². The van der Waals surface area contributed by atoms with Crippen molar-refractivity contribution in [3.05, 3.63) is 46.6 Å². The molecule has 3 aromatic rings.